The Morgan fingerprint density at radius 1 is 1.55 bits per heavy atom. The second-order valence-electron chi connectivity index (χ2n) is 4.19. The first-order chi connectivity index (χ1) is 9.47. The van der Waals surface area contributed by atoms with Crippen molar-refractivity contribution in [2.24, 2.45) is 7.05 Å². The third-order valence-electron chi connectivity index (χ3n) is 2.62. The van der Waals surface area contributed by atoms with Gasteiger partial charge in [0.25, 0.3) is 0 Å². The van der Waals surface area contributed by atoms with Crippen LogP contribution >= 0.6 is 27.7 Å². The topological polar surface area (TPSA) is 46.9 Å². The molecule has 0 radical (unpaired) electrons. The summed E-state index contributed by atoms with van der Waals surface area (Å²) in [6.45, 7) is 1.76. The summed E-state index contributed by atoms with van der Waals surface area (Å²) >= 11 is 4.49. The van der Waals surface area contributed by atoms with Gasteiger partial charge in [-0.3, -0.25) is 4.79 Å². The number of carbonyl (C=O) groups excluding carboxylic acids is 1. The van der Waals surface area contributed by atoms with Crippen LogP contribution < -0.4 is 5.32 Å². The molecule has 0 fully saturated rings. The van der Waals surface area contributed by atoms with E-state index in [1.165, 1.54) is 23.9 Å². The van der Waals surface area contributed by atoms with Crippen molar-refractivity contribution in [2.45, 2.75) is 17.3 Å². The number of rotatable bonds is 4. The largest absolute Gasteiger partial charge is 0.329 e. The number of imidazole rings is 1. The van der Waals surface area contributed by atoms with Gasteiger partial charge in [0.2, 0.25) is 5.91 Å². The van der Waals surface area contributed by atoms with Crippen molar-refractivity contribution in [3.8, 4) is 0 Å². The Balaban J connectivity index is 2.02. The molecule has 7 heteroatoms. The summed E-state index contributed by atoms with van der Waals surface area (Å²) in [5.74, 6) is -0.735. The van der Waals surface area contributed by atoms with Crippen LogP contribution in [-0.4, -0.2) is 20.7 Å². The van der Waals surface area contributed by atoms with Gasteiger partial charge < -0.3 is 9.88 Å². The standard InChI is InChI=1S/C13H13BrFN3OS/c1-8(20-13-16-5-6-18(13)2)12(19)17-11-4-3-9(14)7-10(11)15/h3-8H,1-2H3,(H,17,19)/t8-/m0/s1. The first kappa shape index (κ1) is 15.1. The molecule has 106 valence electrons. The van der Waals surface area contributed by atoms with Gasteiger partial charge >= 0.3 is 0 Å². The minimum atomic E-state index is -0.470. The van der Waals surface area contributed by atoms with Crippen molar-refractivity contribution in [2.75, 3.05) is 5.32 Å². The molecule has 20 heavy (non-hydrogen) atoms. The van der Waals surface area contributed by atoms with Crippen LogP contribution in [0.5, 0.6) is 0 Å². The normalized spacial score (nSPS) is 12.2. The van der Waals surface area contributed by atoms with E-state index >= 15 is 0 Å². The smallest absolute Gasteiger partial charge is 0.237 e. The third kappa shape index (κ3) is 3.61. The van der Waals surface area contributed by atoms with Gasteiger partial charge in [-0.25, -0.2) is 9.37 Å². The fourth-order valence-corrected chi connectivity index (χ4v) is 2.67. The second-order valence-corrected chi connectivity index (χ2v) is 6.42. The zero-order valence-corrected chi connectivity index (χ0v) is 13.3. The Labute approximate surface area is 128 Å². The molecule has 1 atom stereocenters. The molecule has 0 spiro atoms. The molecule has 0 saturated heterocycles. The van der Waals surface area contributed by atoms with E-state index in [1.807, 2.05) is 11.6 Å². The number of thioether (sulfide) groups is 1. The molecule has 2 aromatic rings. The van der Waals surface area contributed by atoms with Crippen molar-refractivity contribution >= 4 is 39.3 Å². The Hall–Kier alpha value is -1.34. The van der Waals surface area contributed by atoms with Gasteiger partial charge in [-0.1, -0.05) is 27.7 Å². The van der Waals surface area contributed by atoms with Crippen molar-refractivity contribution in [1.82, 2.24) is 9.55 Å². The second kappa shape index (κ2) is 6.41. The number of aromatic nitrogens is 2. The number of halogens is 2. The van der Waals surface area contributed by atoms with E-state index < -0.39 is 5.82 Å². The Morgan fingerprint density at radius 3 is 2.90 bits per heavy atom. The Kier molecular flexibility index (Phi) is 4.82. The van der Waals surface area contributed by atoms with Crippen LogP contribution in [-0.2, 0) is 11.8 Å². The number of hydrogen-bond acceptors (Lipinski definition) is 3. The predicted molar refractivity (Wildman–Crippen MR) is 81.3 cm³/mol. The summed E-state index contributed by atoms with van der Waals surface area (Å²) < 4.78 is 16.1. The molecule has 2 rings (SSSR count). The molecule has 4 nitrogen and oxygen atoms in total. The summed E-state index contributed by atoms with van der Waals surface area (Å²) in [4.78, 5) is 16.2. The highest BCUT2D eigenvalue weighted by atomic mass is 79.9. The SMILES string of the molecule is C[C@H](Sc1nccn1C)C(=O)Nc1ccc(Br)cc1F. The Bertz CT molecular complexity index is 632. The summed E-state index contributed by atoms with van der Waals surface area (Å²) in [5.41, 5.74) is 0.172. The van der Waals surface area contributed by atoms with Crippen molar-refractivity contribution in [3.63, 3.8) is 0 Å². The van der Waals surface area contributed by atoms with Crippen LogP contribution in [0.3, 0.4) is 0 Å². The number of benzene rings is 1. The van der Waals surface area contributed by atoms with E-state index in [0.717, 1.165) is 5.16 Å². The van der Waals surface area contributed by atoms with Crippen molar-refractivity contribution in [1.29, 1.82) is 0 Å². The van der Waals surface area contributed by atoms with Crippen LogP contribution in [0.15, 0.2) is 40.2 Å². The number of amides is 1. The van der Waals surface area contributed by atoms with Crippen LogP contribution in [0.2, 0.25) is 0 Å². The first-order valence-corrected chi connectivity index (χ1v) is 7.54. The van der Waals surface area contributed by atoms with E-state index in [4.69, 9.17) is 0 Å². The van der Waals surface area contributed by atoms with Crippen LogP contribution in [0.4, 0.5) is 10.1 Å². The van der Waals surface area contributed by atoms with Gasteiger partial charge in [-0.2, -0.15) is 0 Å². The summed E-state index contributed by atoms with van der Waals surface area (Å²) in [5, 5.41) is 2.94. The lowest BCUT2D eigenvalue weighted by Gasteiger charge is -2.12. The number of carbonyl (C=O) groups is 1. The van der Waals surface area contributed by atoms with E-state index in [0.29, 0.717) is 4.47 Å². The lowest BCUT2D eigenvalue weighted by Crippen LogP contribution is -2.23. The quantitative estimate of drug-likeness (QED) is 0.852. The highest BCUT2D eigenvalue weighted by molar-refractivity contribution is 9.10. The molecule has 1 aromatic heterocycles. The monoisotopic (exact) mass is 357 g/mol. The van der Waals surface area contributed by atoms with Gasteiger partial charge in [-0.15, -0.1) is 0 Å². The average molecular weight is 358 g/mol. The van der Waals surface area contributed by atoms with E-state index in [1.54, 1.807) is 25.4 Å². The third-order valence-corrected chi connectivity index (χ3v) is 4.28. The molecule has 1 heterocycles. The van der Waals surface area contributed by atoms with E-state index in [9.17, 15) is 9.18 Å². The molecule has 0 bridgehead atoms. The maximum Gasteiger partial charge on any atom is 0.237 e. The van der Waals surface area contributed by atoms with Gasteiger partial charge in [0, 0.05) is 23.9 Å². The molecular formula is C13H13BrFN3OS. The average Bonchev–Trinajstić information content (AvgIpc) is 2.78. The molecule has 0 aliphatic carbocycles. The molecular weight excluding hydrogens is 345 g/mol. The number of nitrogens with one attached hydrogen (secondary N) is 1. The van der Waals surface area contributed by atoms with Gasteiger partial charge in [0.05, 0.1) is 10.9 Å². The summed E-state index contributed by atoms with van der Waals surface area (Å²) in [7, 11) is 1.86. The molecule has 1 N–H and O–H groups in total. The highest BCUT2D eigenvalue weighted by Crippen LogP contribution is 2.24. The summed E-state index contributed by atoms with van der Waals surface area (Å²) in [6.07, 6.45) is 3.47. The molecule has 1 aromatic carbocycles. The number of aryl methyl sites for hydroxylation is 1. The fourth-order valence-electron chi connectivity index (χ4n) is 1.50. The van der Waals surface area contributed by atoms with Crippen LogP contribution in [0.1, 0.15) is 6.92 Å². The van der Waals surface area contributed by atoms with Crippen LogP contribution in [0, 0.1) is 5.82 Å². The summed E-state index contributed by atoms with van der Waals surface area (Å²) in [6, 6.07) is 4.51. The molecule has 0 saturated carbocycles. The molecule has 0 aliphatic rings. The number of nitrogens with zero attached hydrogens (tertiary/aromatic N) is 2. The number of anilines is 1. The maximum absolute atomic E-state index is 13.6. The maximum atomic E-state index is 13.6. The fraction of sp³-hybridized carbons (Fsp3) is 0.231. The first-order valence-electron chi connectivity index (χ1n) is 5.87. The van der Waals surface area contributed by atoms with Gasteiger partial charge in [0.1, 0.15) is 5.82 Å². The zero-order valence-electron chi connectivity index (χ0n) is 10.9. The molecule has 0 unspecified atom stereocenters. The van der Waals surface area contributed by atoms with Crippen molar-refractivity contribution in [3.05, 3.63) is 40.9 Å². The minimum Gasteiger partial charge on any atom is -0.329 e. The molecule has 0 aliphatic heterocycles. The minimum absolute atomic E-state index is 0.172. The van der Waals surface area contributed by atoms with E-state index in [2.05, 4.69) is 26.2 Å². The zero-order chi connectivity index (χ0) is 14.7. The van der Waals surface area contributed by atoms with E-state index in [-0.39, 0.29) is 16.8 Å². The highest BCUT2D eigenvalue weighted by Gasteiger charge is 2.18. The van der Waals surface area contributed by atoms with Gasteiger partial charge in [0.15, 0.2) is 5.16 Å². The number of hydrogen-bond donors (Lipinski definition) is 1. The molecule has 1 amide bonds. The predicted octanol–water partition coefficient (Wildman–Crippen LogP) is 3.44. The lowest BCUT2D eigenvalue weighted by molar-refractivity contribution is -0.115. The van der Waals surface area contributed by atoms with Crippen LogP contribution in [0.25, 0.3) is 0 Å². The Morgan fingerprint density at radius 2 is 2.30 bits per heavy atom. The van der Waals surface area contributed by atoms with Crippen molar-refractivity contribution < 1.29 is 9.18 Å². The lowest BCUT2D eigenvalue weighted by atomic mass is 10.3. The van der Waals surface area contributed by atoms with Gasteiger partial charge in [-0.05, 0) is 25.1 Å².